The van der Waals surface area contributed by atoms with E-state index < -0.39 is 0 Å². The van der Waals surface area contributed by atoms with Crippen molar-refractivity contribution in [3.8, 4) is 22.3 Å². The highest BCUT2D eigenvalue weighted by Crippen LogP contribution is 2.51. The van der Waals surface area contributed by atoms with Gasteiger partial charge < -0.3 is 18.6 Å². The van der Waals surface area contributed by atoms with E-state index in [1.165, 1.54) is 71.4 Å². The van der Waals surface area contributed by atoms with Gasteiger partial charge in [0.2, 0.25) is 0 Å². The summed E-state index contributed by atoms with van der Waals surface area (Å²) in [6, 6.07) is 44.5. The van der Waals surface area contributed by atoms with Crippen molar-refractivity contribution >= 4 is 76.8 Å². The molecule has 52 heavy (non-hydrogen) atoms. The molecule has 0 radical (unpaired) electrons. The van der Waals surface area contributed by atoms with Gasteiger partial charge in [0.25, 0.3) is 0 Å². The largest absolute Gasteiger partial charge is 0.455 e. The first-order chi connectivity index (χ1) is 25.8. The van der Waals surface area contributed by atoms with Crippen LogP contribution in [0.25, 0.3) is 87.7 Å². The van der Waals surface area contributed by atoms with Gasteiger partial charge in [0.05, 0.1) is 0 Å². The standard InChI is InChI=1S/C48H40N2O2/c1-5-13-31(14-6-1)43-44(32-15-7-2-8-16-32)48-46(40-28-34-18-20-38(50-23-11-4-12-24-50)26-36(34)30-42(40)52-48)45-39-27-33-17-19-37(49-21-9-3-10-22-49)25-35(33)29-41(39)51-47(43)45/h1-2,5-8,13-20,25-30H,3-4,9-12,21-24H2. The lowest BCUT2D eigenvalue weighted by molar-refractivity contribution is 0.578. The van der Waals surface area contributed by atoms with Crippen LogP contribution in [0, 0.1) is 0 Å². The molecule has 7 aromatic carbocycles. The molecule has 4 nitrogen and oxygen atoms in total. The van der Waals surface area contributed by atoms with Crippen molar-refractivity contribution in [2.75, 3.05) is 36.0 Å². The van der Waals surface area contributed by atoms with Crippen LogP contribution in [0.4, 0.5) is 11.4 Å². The maximum absolute atomic E-state index is 7.13. The Bertz CT molecular complexity index is 2610. The van der Waals surface area contributed by atoms with Gasteiger partial charge in [-0.3, -0.25) is 0 Å². The molecule has 4 heteroatoms. The highest BCUT2D eigenvalue weighted by molar-refractivity contribution is 6.33. The first-order valence-corrected chi connectivity index (χ1v) is 19.1. The van der Waals surface area contributed by atoms with E-state index in [-0.39, 0.29) is 0 Å². The van der Waals surface area contributed by atoms with E-state index in [1.807, 2.05) is 0 Å². The highest BCUT2D eigenvalue weighted by Gasteiger charge is 2.27. The van der Waals surface area contributed by atoms with E-state index in [4.69, 9.17) is 8.83 Å². The lowest BCUT2D eigenvalue weighted by atomic mass is 9.89. The summed E-state index contributed by atoms with van der Waals surface area (Å²) in [5.41, 5.74) is 10.6. The minimum Gasteiger partial charge on any atom is -0.455 e. The third-order valence-electron chi connectivity index (χ3n) is 11.8. The summed E-state index contributed by atoms with van der Waals surface area (Å²) in [5.74, 6) is 0. The number of hydrogen-bond donors (Lipinski definition) is 0. The Balaban J connectivity index is 1.24. The molecule has 0 unspecified atom stereocenters. The molecule has 11 rings (SSSR count). The average molecular weight is 677 g/mol. The molecule has 0 saturated carbocycles. The van der Waals surface area contributed by atoms with Crippen molar-refractivity contribution in [1.29, 1.82) is 0 Å². The monoisotopic (exact) mass is 676 g/mol. The van der Waals surface area contributed by atoms with E-state index in [0.717, 1.165) is 92.3 Å². The Morgan fingerprint density at radius 3 is 1.23 bits per heavy atom. The zero-order chi connectivity index (χ0) is 34.2. The summed E-state index contributed by atoms with van der Waals surface area (Å²) < 4.78 is 14.3. The summed E-state index contributed by atoms with van der Waals surface area (Å²) in [7, 11) is 0. The van der Waals surface area contributed by atoms with E-state index >= 15 is 0 Å². The zero-order valence-corrected chi connectivity index (χ0v) is 29.3. The molecule has 2 aliphatic heterocycles. The van der Waals surface area contributed by atoms with Crippen LogP contribution in [0.1, 0.15) is 38.5 Å². The van der Waals surface area contributed by atoms with Gasteiger partial charge in [-0.2, -0.15) is 0 Å². The molecule has 9 aromatic rings. The maximum atomic E-state index is 7.13. The normalized spacial score (nSPS) is 15.6. The van der Waals surface area contributed by atoms with Gasteiger partial charge in [0.1, 0.15) is 22.3 Å². The number of piperidine rings is 2. The minimum absolute atomic E-state index is 0.905. The fraction of sp³-hybridized carbons (Fsp3) is 0.208. The fourth-order valence-corrected chi connectivity index (χ4v) is 9.19. The second kappa shape index (κ2) is 11.9. The van der Waals surface area contributed by atoms with Crippen LogP contribution in [-0.4, -0.2) is 26.2 Å². The number of rotatable bonds is 4. The fourth-order valence-electron chi connectivity index (χ4n) is 9.19. The molecule has 2 aromatic heterocycles. The number of anilines is 2. The van der Waals surface area contributed by atoms with Crippen LogP contribution in [0.2, 0.25) is 0 Å². The Kier molecular flexibility index (Phi) is 6.86. The van der Waals surface area contributed by atoms with Crippen LogP contribution < -0.4 is 9.80 Å². The quantitative estimate of drug-likeness (QED) is 0.186. The summed E-state index contributed by atoms with van der Waals surface area (Å²) in [6.07, 6.45) is 7.69. The van der Waals surface area contributed by atoms with Crippen molar-refractivity contribution in [1.82, 2.24) is 0 Å². The minimum atomic E-state index is 0.905. The highest BCUT2D eigenvalue weighted by atomic mass is 16.3. The number of benzene rings is 7. The lowest BCUT2D eigenvalue weighted by Gasteiger charge is -2.29. The third-order valence-corrected chi connectivity index (χ3v) is 11.8. The molecule has 2 aliphatic rings. The summed E-state index contributed by atoms with van der Waals surface area (Å²) in [5, 5.41) is 9.35. The van der Waals surface area contributed by atoms with Crippen LogP contribution in [0.3, 0.4) is 0 Å². The van der Waals surface area contributed by atoms with Crippen molar-refractivity contribution < 1.29 is 8.83 Å². The Labute approximate surface area is 302 Å². The molecule has 254 valence electrons. The van der Waals surface area contributed by atoms with Gasteiger partial charge >= 0.3 is 0 Å². The summed E-state index contributed by atoms with van der Waals surface area (Å²) in [6.45, 7) is 4.50. The Morgan fingerprint density at radius 1 is 0.385 bits per heavy atom. The topological polar surface area (TPSA) is 32.8 Å². The smallest absolute Gasteiger partial charge is 0.144 e. The Morgan fingerprint density at radius 2 is 0.808 bits per heavy atom. The van der Waals surface area contributed by atoms with Crippen molar-refractivity contribution in [2.45, 2.75) is 38.5 Å². The van der Waals surface area contributed by atoms with Crippen LogP contribution in [-0.2, 0) is 0 Å². The van der Waals surface area contributed by atoms with E-state index in [1.54, 1.807) is 0 Å². The van der Waals surface area contributed by atoms with Gasteiger partial charge in [-0.15, -0.1) is 0 Å². The number of hydrogen-bond acceptors (Lipinski definition) is 4. The van der Waals surface area contributed by atoms with Gasteiger partial charge in [-0.05, 0) is 120 Å². The van der Waals surface area contributed by atoms with Crippen LogP contribution >= 0.6 is 0 Å². The zero-order valence-electron chi connectivity index (χ0n) is 29.3. The van der Waals surface area contributed by atoms with Crippen molar-refractivity contribution in [2.24, 2.45) is 0 Å². The predicted octanol–water partition coefficient (Wildman–Crippen LogP) is 13.1. The SMILES string of the molecule is c1ccc(-c2c(-c3ccccc3)c3oc4cc5cc(N6CCCCC6)ccc5cc4c3c3c2oc2cc4cc(N5CCCCC5)ccc4cc23)cc1. The molecular formula is C48H40N2O2. The molecule has 0 spiro atoms. The second-order valence-corrected chi connectivity index (χ2v) is 14.9. The van der Waals surface area contributed by atoms with Crippen LogP contribution in [0.5, 0.6) is 0 Å². The summed E-state index contributed by atoms with van der Waals surface area (Å²) >= 11 is 0. The third kappa shape index (κ3) is 4.74. The average Bonchev–Trinajstić information content (AvgIpc) is 3.76. The molecule has 0 N–H and O–H groups in total. The molecule has 4 heterocycles. The summed E-state index contributed by atoms with van der Waals surface area (Å²) in [4.78, 5) is 5.07. The first-order valence-electron chi connectivity index (χ1n) is 19.1. The van der Waals surface area contributed by atoms with Crippen LogP contribution in [0.15, 0.2) is 130 Å². The van der Waals surface area contributed by atoms with Gasteiger partial charge in [0.15, 0.2) is 0 Å². The lowest BCUT2D eigenvalue weighted by Crippen LogP contribution is -2.29. The molecule has 0 atom stereocenters. The van der Waals surface area contributed by atoms with Gasteiger partial charge in [-0.25, -0.2) is 0 Å². The molecule has 0 amide bonds. The predicted molar refractivity (Wildman–Crippen MR) is 219 cm³/mol. The van der Waals surface area contributed by atoms with E-state index in [9.17, 15) is 0 Å². The maximum Gasteiger partial charge on any atom is 0.144 e. The number of fused-ring (bicyclic) bond motifs is 9. The number of nitrogens with zero attached hydrogens (tertiary/aromatic N) is 2. The van der Waals surface area contributed by atoms with Gasteiger partial charge in [-0.1, -0.05) is 72.8 Å². The molecule has 0 bridgehead atoms. The van der Waals surface area contributed by atoms with Gasteiger partial charge in [0, 0.05) is 70.2 Å². The first kappa shape index (κ1) is 29.9. The van der Waals surface area contributed by atoms with Crippen molar-refractivity contribution in [3.05, 3.63) is 121 Å². The number of furan rings is 2. The molecule has 0 aliphatic carbocycles. The molecular weight excluding hydrogens is 637 g/mol. The van der Waals surface area contributed by atoms with E-state index in [0.29, 0.717) is 0 Å². The second-order valence-electron chi connectivity index (χ2n) is 14.9. The van der Waals surface area contributed by atoms with Crippen molar-refractivity contribution in [3.63, 3.8) is 0 Å². The molecule has 2 fully saturated rings. The molecule has 2 saturated heterocycles. The van der Waals surface area contributed by atoms with E-state index in [2.05, 4.69) is 131 Å². The Hall–Kier alpha value is -5.74.